The third-order valence-corrected chi connectivity index (χ3v) is 4.38. The smallest absolute Gasteiger partial charge is 0.310 e. The highest BCUT2D eigenvalue weighted by atomic mass is 19.1. The van der Waals surface area contributed by atoms with Crippen molar-refractivity contribution in [1.29, 1.82) is 0 Å². The summed E-state index contributed by atoms with van der Waals surface area (Å²) in [4.78, 5) is 12.0. The molecule has 0 aliphatic rings. The van der Waals surface area contributed by atoms with Crippen LogP contribution in [0.4, 0.5) is 4.39 Å². The fourth-order valence-electron chi connectivity index (χ4n) is 2.93. The van der Waals surface area contributed by atoms with E-state index in [-0.39, 0.29) is 26.0 Å². The van der Waals surface area contributed by atoms with Crippen molar-refractivity contribution < 1.29 is 28.1 Å². The molecule has 0 amide bonds. The molecule has 0 aliphatic heterocycles. The SMILES string of the molecule is C=C/C=C\OC(Cc1cccc(CN)c1F)Oc1c(CC(=O)OCC)cccc1OC. The molecule has 2 rings (SSSR count). The van der Waals surface area contributed by atoms with Crippen LogP contribution in [0.3, 0.4) is 0 Å². The molecule has 0 heterocycles. The van der Waals surface area contributed by atoms with Crippen molar-refractivity contribution in [2.24, 2.45) is 5.73 Å². The minimum Gasteiger partial charge on any atom is -0.493 e. The van der Waals surface area contributed by atoms with Crippen molar-refractivity contribution in [3.63, 3.8) is 0 Å². The molecule has 7 heteroatoms. The second kappa shape index (κ2) is 12.4. The van der Waals surface area contributed by atoms with Gasteiger partial charge >= 0.3 is 5.97 Å². The minimum absolute atomic E-state index is 0.00733. The highest BCUT2D eigenvalue weighted by Gasteiger charge is 2.21. The number of nitrogens with two attached hydrogens (primary N) is 1. The number of allylic oxidation sites excluding steroid dienone is 2. The largest absolute Gasteiger partial charge is 0.493 e. The quantitative estimate of drug-likeness (QED) is 0.237. The van der Waals surface area contributed by atoms with Crippen LogP contribution >= 0.6 is 0 Å². The Hall–Kier alpha value is -3.32. The van der Waals surface area contributed by atoms with E-state index in [1.54, 1.807) is 55.5 Å². The van der Waals surface area contributed by atoms with Crippen molar-refractivity contribution in [3.8, 4) is 11.5 Å². The van der Waals surface area contributed by atoms with Crippen molar-refractivity contribution in [3.05, 3.63) is 83.9 Å². The molecule has 166 valence electrons. The zero-order chi connectivity index (χ0) is 22.6. The lowest BCUT2D eigenvalue weighted by Crippen LogP contribution is -2.23. The van der Waals surface area contributed by atoms with Gasteiger partial charge in [-0.15, -0.1) is 0 Å². The molecular weight excluding hydrogens is 401 g/mol. The normalized spacial score (nSPS) is 11.7. The van der Waals surface area contributed by atoms with E-state index < -0.39 is 18.1 Å². The van der Waals surface area contributed by atoms with Gasteiger partial charge in [0.2, 0.25) is 6.29 Å². The van der Waals surface area contributed by atoms with Gasteiger partial charge in [-0.25, -0.2) is 4.39 Å². The van der Waals surface area contributed by atoms with Crippen LogP contribution < -0.4 is 15.2 Å². The molecular formula is C24H28FNO5. The van der Waals surface area contributed by atoms with Gasteiger partial charge in [0, 0.05) is 24.1 Å². The summed E-state index contributed by atoms with van der Waals surface area (Å²) in [5.41, 5.74) is 6.97. The highest BCUT2D eigenvalue weighted by molar-refractivity contribution is 5.74. The van der Waals surface area contributed by atoms with E-state index >= 15 is 0 Å². The number of para-hydroxylation sites is 1. The maximum Gasteiger partial charge on any atom is 0.310 e. The second-order valence-electron chi connectivity index (χ2n) is 6.48. The Bertz CT molecular complexity index is 913. The van der Waals surface area contributed by atoms with Gasteiger partial charge < -0.3 is 24.7 Å². The average molecular weight is 429 g/mol. The number of methoxy groups -OCH3 is 1. The van der Waals surface area contributed by atoms with Gasteiger partial charge in [0.25, 0.3) is 0 Å². The van der Waals surface area contributed by atoms with Gasteiger partial charge in [0.05, 0.1) is 26.4 Å². The van der Waals surface area contributed by atoms with E-state index in [0.717, 1.165) is 0 Å². The summed E-state index contributed by atoms with van der Waals surface area (Å²) >= 11 is 0. The van der Waals surface area contributed by atoms with Gasteiger partial charge in [0.15, 0.2) is 11.5 Å². The van der Waals surface area contributed by atoms with Gasteiger partial charge in [-0.1, -0.05) is 43.0 Å². The Morgan fingerprint density at radius 2 is 1.90 bits per heavy atom. The first-order valence-electron chi connectivity index (χ1n) is 9.91. The van der Waals surface area contributed by atoms with Gasteiger partial charge in [-0.3, -0.25) is 4.79 Å². The van der Waals surface area contributed by atoms with E-state index in [2.05, 4.69) is 6.58 Å². The van der Waals surface area contributed by atoms with E-state index in [4.69, 9.17) is 24.7 Å². The maximum atomic E-state index is 14.7. The lowest BCUT2D eigenvalue weighted by molar-refractivity contribution is -0.142. The first-order valence-corrected chi connectivity index (χ1v) is 9.91. The van der Waals surface area contributed by atoms with Crippen LogP contribution in [0.1, 0.15) is 23.6 Å². The number of ether oxygens (including phenoxy) is 4. The summed E-state index contributed by atoms with van der Waals surface area (Å²) < 4.78 is 37.0. The van der Waals surface area contributed by atoms with Crippen LogP contribution in [0.15, 0.2) is 61.4 Å². The van der Waals surface area contributed by atoms with E-state index in [1.807, 2.05) is 0 Å². The molecule has 0 spiro atoms. The molecule has 2 aromatic carbocycles. The molecule has 0 saturated carbocycles. The molecule has 0 aromatic heterocycles. The average Bonchev–Trinajstić information content (AvgIpc) is 2.76. The Kier molecular flexibility index (Phi) is 9.58. The Morgan fingerprint density at radius 1 is 1.19 bits per heavy atom. The Balaban J connectivity index is 2.37. The van der Waals surface area contributed by atoms with Crippen LogP contribution in [-0.4, -0.2) is 26.0 Å². The molecule has 2 aromatic rings. The first-order chi connectivity index (χ1) is 15.0. The molecule has 0 aliphatic carbocycles. The molecule has 0 bridgehead atoms. The summed E-state index contributed by atoms with van der Waals surface area (Å²) in [7, 11) is 1.49. The van der Waals surface area contributed by atoms with Gasteiger partial charge in [-0.2, -0.15) is 0 Å². The molecule has 0 fully saturated rings. The van der Waals surface area contributed by atoms with E-state index in [1.165, 1.54) is 13.4 Å². The summed E-state index contributed by atoms with van der Waals surface area (Å²) in [6.45, 7) is 5.69. The third-order valence-electron chi connectivity index (χ3n) is 4.38. The molecule has 1 unspecified atom stereocenters. The zero-order valence-corrected chi connectivity index (χ0v) is 17.8. The fraction of sp³-hybridized carbons (Fsp3) is 0.292. The second-order valence-corrected chi connectivity index (χ2v) is 6.48. The summed E-state index contributed by atoms with van der Waals surface area (Å²) in [5, 5.41) is 0. The van der Waals surface area contributed by atoms with Crippen molar-refractivity contribution >= 4 is 5.97 Å². The number of carbonyl (C=O) groups is 1. The molecule has 1 atom stereocenters. The number of esters is 1. The monoisotopic (exact) mass is 429 g/mol. The lowest BCUT2D eigenvalue weighted by atomic mass is 10.1. The zero-order valence-electron chi connectivity index (χ0n) is 17.8. The highest BCUT2D eigenvalue weighted by Crippen LogP contribution is 2.33. The van der Waals surface area contributed by atoms with Crippen molar-refractivity contribution in [2.75, 3.05) is 13.7 Å². The summed E-state index contributed by atoms with van der Waals surface area (Å²) in [5.74, 6) is -0.0577. The summed E-state index contributed by atoms with van der Waals surface area (Å²) in [6, 6.07) is 10.2. The van der Waals surface area contributed by atoms with Crippen LogP contribution in [0, 0.1) is 5.82 Å². The lowest BCUT2D eigenvalue weighted by Gasteiger charge is -2.22. The first kappa shape index (κ1) is 24.0. The van der Waals surface area contributed by atoms with Crippen molar-refractivity contribution in [2.45, 2.75) is 32.6 Å². The Labute approximate surface area is 182 Å². The van der Waals surface area contributed by atoms with Gasteiger partial charge in [0.1, 0.15) is 5.82 Å². The van der Waals surface area contributed by atoms with E-state index in [0.29, 0.717) is 28.2 Å². The fourth-order valence-corrected chi connectivity index (χ4v) is 2.93. The van der Waals surface area contributed by atoms with Crippen LogP contribution in [0.2, 0.25) is 0 Å². The number of halogens is 1. The third kappa shape index (κ3) is 6.86. The van der Waals surface area contributed by atoms with Crippen LogP contribution in [0.5, 0.6) is 11.5 Å². The summed E-state index contributed by atoms with van der Waals surface area (Å²) in [6.07, 6.45) is 3.72. The van der Waals surface area contributed by atoms with Crippen LogP contribution in [-0.2, 0) is 33.7 Å². The predicted molar refractivity (Wildman–Crippen MR) is 116 cm³/mol. The number of rotatable bonds is 12. The molecule has 6 nitrogen and oxygen atoms in total. The number of benzene rings is 2. The number of carbonyl (C=O) groups excluding carboxylic acids is 1. The standard InChI is InChI=1S/C24H28FNO5/c1-4-6-13-30-22(15-17-9-7-11-19(16-26)23(17)25)31-24-18(14-21(27)29-5-2)10-8-12-20(24)28-3/h4,6-13,22H,1,5,14-16,26H2,2-3H3/b13-6-. The maximum absolute atomic E-state index is 14.7. The van der Waals surface area contributed by atoms with Gasteiger partial charge in [-0.05, 0) is 24.6 Å². The van der Waals surface area contributed by atoms with Crippen LogP contribution in [0.25, 0.3) is 0 Å². The molecule has 31 heavy (non-hydrogen) atoms. The molecule has 0 saturated heterocycles. The number of hydrogen-bond acceptors (Lipinski definition) is 6. The van der Waals surface area contributed by atoms with E-state index in [9.17, 15) is 9.18 Å². The number of hydrogen-bond donors (Lipinski definition) is 1. The van der Waals surface area contributed by atoms with Crippen molar-refractivity contribution in [1.82, 2.24) is 0 Å². The Morgan fingerprint density at radius 3 is 2.58 bits per heavy atom. The predicted octanol–water partition coefficient (Wildman–Crippen LogP) is 4.06. The topological polar surface area (TPSA) is 80.0 Å². The molecule has 0 radical (unpaired) electrons. The molecule has 2 N–H and O–H groups in total. The minimum atomic E-state index is -0.907.